The fourth-order valence-corrected chi connectivity index (χ4v) is 2.60. The van der Waals surface area contributed by atoms with E-state index in [2.05, 4.69) is 33.9 Å². The van der Waals surface area contributed by atoms with Crippen LogP contribution in [-0.2, 0) is 0 Å². The molecule has 0 radical (unpaired) electrons. The van der Waals surface area contributed by atoms with Gasteiger partial charge < -0.3 is 4.48 Å². The number of piperidine rings is 1. The molecule has 1 heterocycles. The van der Waals surface area contributed by atoms with E-state index >= 15 is 0 Å². The zero-order valence-corrected chi connectivity index (χ0v) is 11.1. The molecule has 1 atom stereocenters. The van der Waals surface area contributed by atoms with Crippen molar-refractivity contribution in [3.05, 3.63) is 11.6 Å². The first-order chi connectivity index (χ1) is 7.04. The van der Waals surface area contributed by atoms with Crippen LogP contribution in [0.4, 0.5) is 0 Å². The lowest BCUT2D eigenvalue weighted by Gasteiger charge is -2.43. The summed E-state index contributed by atoms with van der Waals surface area (Å²) in [6, 6.07) is 0.834. The summed E-state index contributed by atoms with van der Waals surface area (Å²) in [6.45, 7) is 9.62. The molecule has 0 spiro atoms. The van der Waals surface area contributed by atoms with Crippen LogP contribution in [0.15, 0.2) is 11.6 Å². The molecule has 1 aliphatic heterocycles. The molecule has 1 nitrogen and oxygen atoms in total. The first kappa shape index (κ1) is 12.8. The van der Waals surface area contributed by atoms with Crippen molar-refractivity contribution < 1.29 is 4.48 Å². The predicted octanol–water partition coefficient (Wildman–Crippen LogP) is 3.75. The second-order valence-corrected chi connectivity index (χ2v) is 5.70. The zero-order chi connectivity index (χ0) is 11.3. The van der Waals surface area contributed by atoms with Crippen LogP contribution in [0.1, 0.15) is 52.9 Å². The van der Waals surface area contributed by atoms with Crippen molar-refractivity contribution >= 4 is 0 Å². The van der Waals surface area contributed by atoms with E-state index in [1.54, 1.807) is 0 Å². The third-order valence-electron chi connectivity index (χ3n) is 4.04. The Morgan fingerprint density at radius 1 is 1.20 bits per heavy atom. The van der Waals surface area contributed by atoms with Gasteiger partial charge in [-0.05, 0) is 46.5 Å². The van der Waals surface area contributed by atoms with Crippen LogP contribution in [0.5, 0.6) is 0 Å². The summed E-state index contributed by atoms with van der Waals surface area (Å²) in [5.74, 6) is 0. The van der Waals surface area contributed by atoms with Crippen molar-refractivity contribution in [1.82, 2.24) is 0 Å². The minimum absolute atomic E-state index is 0.834. The van der Waals surface area contributed by atoms with E-state index < -0.39 is 0 Å². The van der Waals surface area contributed by atoms with Gasteiger partial charge in [0.2, 0.25) is 0 Å². The van der Waals surface area contributed by atoms with Crippen molar-refractivity contribution in [2.45, 2.75) is 58.9 Å². The molecule has 1 fully saturated rings. The second-order valence-electron chi connectivity index (χ2n) is 5.70. The highest BCUT2D eigenvalue weighted by molar-refractivity contribution is 4.92. The molecule has 15 heavy (non-hydrogen) atoms. The summed E-state index contributed by atoms with van der Waals surface area (Å²) in [5, 5.41) is 0. The van der Waals surface area contributed by atoms with Gasteiger partial charge in [0, 0.05) is 6.42 Å². The van der Waals surface area contributed by atoms with Crippen molar-refractivity contribution in [2.75, 3.05) is 20.1 Å². The van der Waals surface area contributed by atoms with Gasteiger partial charge in [0.1, 0.15) is 0 Å². The quantitative estimate of drug-likeness (QED) is 0.490. The molecule has 1 rings (SSSR count). The third kappa shape index (κ3) is 3.98. The van der Waals surface area contributed by atoms with Crippen LogP contribution in [0.25, 0.3) is 0 Å². The molecular weight excluding hydrogens is 182 g/mol. The van der Waals surface area contributed by atoms with E-state index in [0.717, 1.165) is 6.04 Å². The number of rotatable bonds is 4. The van der Waals surface area contributed by atoms with Crippen molar-refractivity contribution in [3.8, 4) is 0 Å². The Morgan fingerprint density at radius 3 is 2.33 bits per heavy atom. The Hall–Kier alpha value is -0.300. The van der Waals surface area contributed by atoms with E-state index in [1.165, 1.54) is 55.2 Å². The van der Waals surface area contributed by atoms with Gasteiger partial charge in [0.15, 0.2) is 0 Å². The van der Waals surface area contributed by atoms with Gasteiger partial charge in [0.25, 0.3) is 0 Å². The lowest BCUT2D eigenvalue weighted by molar-refractivity contribution is -0.936. The number of quaternary nitrogens is 1. The highest BCUT2D eigenvalue weighted by Gasteiger charge is 2.30. The van der Waals surface area contributed by atoms with Crippen molar-refractivity contribution in [1.29, 1.82) is 0 Å². The maximum absolute atomic E-state index is 2.45. The molecule has 0 bridgehead atoms. The molecule has 0 N–H and O–H groups in total. The van der Waals surface area contributed by atoms with Gasteiger partial charge in [0.05, 0.1) is 26.2 Å². The van der Waals surface area contributed by atoms with Crippen molar-refractivity contribution in [3.63, 3.8) is 0 Å². The Bertz CT molecular complexity index is 207. The number of hydrogen-bond acceptors (Lipinski definition) is 0. The fraction of sp³-hybridized carbons (Fsp3) is 0.857. The van der Waals surface area contributed by atoms with E-state index in [9.17, 15) is 0 Å². The Morgan fingerprint density at radius 2 is 1.80 bits per heavy atom. The van der Waals surface area contributed by atoms with Crippen LogP contribution in [-0.4, -0.2) is 30.7 Å². The molecule has 0 aliphatic carbocycles. The van der Waals surface area contributed by atoms with Gasteiger partial charge in [-0.25, -0.2) is 0 Å². The zero-order valence-electron chi connectivity index (χ0n) is 11.1. The van der Waals surface area contributed by atoms with Crippen LogP contribution in [0.2, 0.25) is 0 Å². The average Bonchev–Trinajstić information content (AvgIpc) is 2.18. The molecule has 1 heteroatoms. The van der Waals surface area contributed by atoms with E-state index in [0.29, 0.717) is 0 Å². The van der Waals surface area contributed by atoms with Crippen molar-refractivity contribution in [2.24, 2.45) is 0 Å². The monoisotopic (exact) mass is 210 g/mol. The predicted molar refractivity (Wildman–Crippen MR) is 67.9 cm³/mol. The minimum Gasteiger partial charge on any atom is -0.324 e. The number of nitrogens with zero attached hydrogens (tertiary/aromatic N) is 1. The first-order valence-corrected chi connectivity index (χ1v) is 6.52. The van der Waals surface area contributed by atoms with Crippen LogP contribution in [0.3, 0.4) is 0 Å². The van der Waals surface area contributed by atoms with E-state index in [-0.39, 0.29) is 0 Å². The molecule has 0 unspecified atom stereocenters. The molecular formula is C14H28N+. The molecule has 1 saturated heterocycles. The lowest BCUT2D eigenvalue weighted by atomic mass is 10.0. The lowest BCUT2D eigenvalue weighted by Crippen LogP contribution is -2.53. The molecule has 1 aliphatic rings. The molecule has 0 aromatic heterocycles. The number of hydrogen-bond donors (Lipinski definition) is 0. The van der Waals surface area contributed by atoms with Gasteiger partial charge in [-0.1, -0.05) is 11.6 Å². The highest BCUT2D eigenvalue weighted by atomic mass is 15.4. The SMILES string of the molecule is CC(C)=CCC[C@@H](C)[N+]1(C)CCCCC1. The molecule has 0 aromatic rings. The van der Waals surface area contributed by atoms with Gasteiger partial charge in [-0.3, -0.25) is 0 Å². The second kappa shape index (κ2) is 5.69. The van der Waals surface area contributed by atoms with Crippen LogP contribution >= 0.6 is 0 Å². The van der Waals surface area contributed by atoms with E-state index in [4.69, 9.17) is 0 Å². The van der Waals surface area contributed by atoms with Gasteiger partial charge >= 0.3 is 0 Å². The van der Waals surface area contributed by atoms with Gasteiger partial charge in [-0.2, -0.15) is 0 Å². The van der Waals surface area contributed by atoms with Crippen LogP contribution < -0.4 is 0 Å². The van der Waals surface area contributed by atoms with Gasteiger partial charge in [-0.15, -0.1) is 0 Å². The normalized spacial score (nSPS) is 22.1. The fourth-order valence-electron chi connectivity index (χ4n) is 2.60. The topological polar surface area (TPSA) is 0 Å². The summed E-state index contributed by atoms with van der Waals surface area (Å²) in [5.41, 5.74) is 1.46. The summed E-state index contributed by atoms with van der Waals surface area (Å²) in [7, 11) is 2.45. The smallest absolute Gasteiger partial charge is 0.0862 e. The number of allylic oxidation sites excluding steroid dienone is 2. The molecule has 0 saturated carbocycles. The maximum Gasteiger partial charge on any atom is 0.0862 e. The molecule has 0 amide bonds. The summed E-state index contributed by atoms with van der Waals surface area (Å²) < 4.78 is 1.32. The Kier molecular flexibility index (Phi) is 4.85. The highest BCUT2D eigenvalue weighted by Crippen LogP contribution is 2.22. The molecule has 0 aromatic carbocycles. The first-order valence-electron chi connectivity index (χ1n) is 6.52. The maximum atomic E-state index is 2.45. The summed E-state index contributed by atoms with van der Waals surface area (Å²) in [4.78, 5) is 0. The summed E-state index contributed by atoms with van der Waals surface area (Å²) in [6.07, 6.45) is 9.31. The minimum atomic E-state index is 0.834. The average molecular weight is 210 g/mol. The third-order valence-corrected chi connectivity index (χ3v) is 4.04. The van der Waals surface area contributed by atoms with Crippen LogP contribution in [0, 0.1) is 0 Å². The van der Waals surface area contributed by atoms with E-state index in [1.807, 2.05) is 0 Å². The Labute approximate surface area is 95.8 Å². The largest absolute Gasteiger partial charge is 0.324 e. The molecule has 88 valence electrons. The summed E-state index contributed by atoms with van der Waals surface area (Å²) >= 11 is 0. The number of likely N-dealkylation sites (tertiary alicyclic amines) is 1. The standard InChI is InChI=1S/C14H28N/c1-13(2)9-8-10-14(3)15(4)11-6-5-7-12-15/h9,14H,5-8,10-12H2,1-4H3/q+1/t14-/m1/s1. The Balaban J connectivity index is 2.37.